The first-order valence-electron chi connectivity index (χ1n) is 19.4. The minimum Gasteiger partial charge on any atom is -0.462 e. The topological polar surface area (TPSA) is 72.8 Å². The molecule has 5 nitrogen and oxygen atoms in total. The third kappa shape index (κ3) is 37.4. The van der Waals surface area contributed by atoms with Crippen LogP contribution in [0.25, 0.3) is 0 Å². The summed E-state index contributed by atoms with van der Waals surface area (Å²) >= 11 is 0. The fourth-order valence-electron chi connectivity index (χ4n) is 4.64. The van der Waals surface area contributed by atoms with E-state index in [-0.39, 0.29) is 25.6 Å². The van der Waals surface area contributed by atoms with Crippen LogP contribution in [-0.4, -0.2) is 36.4 Å². The molecule has 50 heavy (non-hydrogen) atoms. The van der Waals surface area contributed by atoms with Gasteiger partial charge in [0.05, 0.1) is 6.61 Å². The smallest absolute Gasteiger partial charge is 0.306 e. The lowest BCUT2D eigenvalue weighted by Crippen LogP contribution is -2.28. The Labute approximate surface area is 306 Å². The molecule has 0 bridgehead atoms. The van der Waals surface area contributed by atoms with Crippen molar-refractivity contribution in [1.29, 1.82) is 0 Å². The fourth-order valence-corrected chi connectivity index (χ4v) is 4.64. The zero-order chi connectivity index (χ0) is 36.4. The third-order valence-corrected chi connectivity index (χ3v) is 7.56. The molecule has 0 aliphatic carbocycles. The van der Waals surface area contributed by atoms with Crippen molar-refractivity contribution in [3.8, 4) is 0 Å². The second-order valence-corrected chi connectivity index (χ2v) is 12.3. The Morgan fingerprint density at radius 2 is 0.900 bits per heavy atom. The third-order valence-electron chi connectivity index (χ3n) is 7.56. The van der Waals surface area contributed by atoms with Crippen LogP contribution in [0, 0.1) is 0 Å². The highest BCUT2D eigenvalue weighted by molar-refractivity contribution is 5.70. The fraction of sp³-hybridized carbons (Fsp3) is 0.556. The van der Waals surface area contributed by atoms with E-state index in [0.29, 0.717) is 12.8 Å². The predicted octanol–water partition coefficient (Wildman–Crippen LogP) is 12.3. The van der Waals surface area contributed by atoms with Crippen molar-refractivity contribution < 1.29 is 24.2 Å². The minimum atomic E-state index is -0.829. The van der Waals surface area contributed by atoms with Gasteiger partial charge in [0.2, 0.25) is 0 Å². The molecule has 280 valence electrons. The lowest BCUT2D eigenvalue weighted by atomic mass is 10.1. The number of hydrogen-bond donors (Lipinski definition) is 1. The Balaban J connectivity index is 3.78. The summed E-state index contributed by atoms with van der Waals surface area (Å²) in [5.41, 5.74) is 0. The highest BCUT2D eigenvalue weighted by Gasteiger charge is 2.15. The van der Waals surface area contributed by atoms with Gasteiger partial charge in [0, 0.05) is 12.8 Å². The number of hydrogen-bond acceptors (Lipinski definition) is 5. The van der Waals surface area contributed by atoms with Crippen molar-refractivity contribution in [2.45, 2.75) is 148 Å². The zero-order valence-electron chi connectivity index (χ0n) is 31.6. The van der Waals surface area contributed by atoms with Crippen LogP contribution >= 0.6 is 0 Å². The molecule has 1 N–H and O–H groups in total. The monoisotopic (exact) mass is 691 g/mol. The molecule has 0 unspecified atom stereocenters. The lowest BCUT2D eigenvalue weighted by molar-refractivity contribution is -0.161. The van der Waals surface area contributed by atoms with E-state index in [1.165, 1.54) is 25.7 Å². The van der Waals surface area contributed by atoms with Gasteiger partial charge in [-0.2, -0.15) is 0 Å². The summed E-state index contributed by atoms with van der Waals surface area (Å²) in [6, 6.07) is 0. The molecule has 0 saturated carbocycles. The van der Waals surface area contributed by atoms with Crippen LogP contribution in [0.3, 0.4) is 0 Å². The SMILES string of the molecule is CCC=CCC=CCC=CCC=CCCCCCCC(=O)OC[C@H](CO)OC(=O)CCC=CCC=CCC=CCC=CCC=CCCCCC. The molecule has 5 heteroatoms. The molecule has 0 aromatic rings. The summed E-state index contributed by atoms with van der Waals surface area (Å²) < 4.78 is 10.5. The number of aliphatic hydroxyl groups excluding tert-OH is 1. The first-order valence-corrected chi connectivity index (χ1v) is 19.4. The molecule has 0 fully saturated rings. The minimum absolute atomic E-state index is 0.116. The summed E-state index contributed by atoms with van der Waals surface area (Å²) in [5, 5.41) is 9.54. The number of rotatable bonds is 33. The van der Waals surface area contributed by atoms with Crippen LogP contribution in [0.4, 0.5) is 0 Å². The molecule has 0 aromatic heterocycles. The van der Waals surface area contributed by atoms with Gasteiger partial charge in [0.15, 0.2) is 6.10 Å². The Hall–Kier alpha value is -3.44. The van der Waals surface area contributed by atoms with E-state index < -0.39 is 12.1 Å². The van der Waals surface area contributed by atoms with Gasteiger partial charge in [-0.15, -0.1) is 0 Å². The predicted molar refractivity (Wildman–Crippen MR) is 214 cm³/mol. The zero-order valence-corrected chi connectivity index (χ0v) is 31.6. The van der Waals surface area contributed by atoms with Crippen molar-refractivity contribution in [3.63, 3.8) is 0 Å². The number of unbranched alkanes of at least 4 members (excludes halogenated alkanes) is 7. The summed E-state index contributed by atoms with van der Waals surface area (Å²) in [6.07, 6.45) is 57.2. The molecule has 0 aromatic carbocycles. The largest absolute Gasteiger partial charge is 0.462 e. The number of allylic oxidation sites excluding steroid dienone is 18. The molecular weight excluding hydrogens is 620 g/mol. The standard InChI is InChI=1S/C45H70O5/c1-3-5-7-9-11-13-15-17-19-21-22-24-26-28-30-32-34-36-38-40-45(48)50-43(41-46)42-49-44(47)39-37-35-33-31-29-27-25-23-20-18-16-14-12-10-8-6-4-2/h6,8,11-14,17-20,22,24-25,27-28,30,34,36,43,46H,3-5,7,9-10,15-16,21,23,26,29,31-33,35,37-42H2,1-2H3/t43-/m0/s1. The Kier molecular flexibility index (Phi) is 37.2. The number of aliphatic hydroxyl groups is 1. The Bertz CT molecular complexity index is 1050. The van der Waals surface area contributed by atoms with Crippen molar-refractivity contribution in [1.82, 2.24) is 0 Å². The molecule has 0 amide bonds. The van der Waals surface area contributed by atoms with Gasteiger partial charge in [0.25, 0.3) is 0 Å². The summed E-state index contributed by atoms with van der Waals surface area (Å²) in [6.45, 7) is 3.88. The van der Waals surface area contributed by atoms with E-state index in [9.17, 15) is 14.7 Å². The molecule has 0 radical (unpaired) electrons. The average Bonchev–Trinajstić information content (AvgIpc) is 3.12. The van der Waals surface area contributed by atoms with Crippen LogP contribution in [0.1, 0.15) is 142 Å². The van der Waals surface area contributed by atoms with Crippen molar-refractivity contribution in [3.05, 3.63) is 109 Å². The van der Waals surface area contributed by atoms with Crippen LogP contribution in [-0.2, 0) is 19.1 Å². The van der Waals surface area contributed by atoms with Crippen LogP contribution in [0.5, 0.6) is 0 Å². The maximum atomic E-state index is 12.1. The molecule has 0 aliphatic rings. The van der Waals surface area contributed by atoms with Crippen LogP contribution in [0.15, 0.2) is 109 Å². The Morgan fingerprint density at radius 1 is 0.480 bits per heavy atom. The molecular formula is C45H70O5. The molecule has 0 rings (SSSR count). The number of ether oxygens (including phenoxy) is 2. The highest BCUT2D eigenvalue weighted by Crippen LogP contribution is 2.08. The molecule has 0 spiro atoms. The van der Waals surface area contributed by atoms with E-state index >= 15 is 0 Å². The first kappa shape index (κ1) is 46.6. The Morgan fingerprint density at radius 3 is 1.36 bits per heavy atom. The van der Waals surface area contributed by atoms with Crippen LogP contribution in [0.2, 0.25) is 0 Å². The molecule has 0 heterocycles. The maximum absolute atomic E-state index is 12.1. The lowest BCUT2D eigenvalue weighted by Gasteiger charge is -2.15. The number of esters is 2. The second kappa shape index (κ2) is 40.0. The summed E-state index contributed by atoms with van der Waals surface area (Å²) in [7, 11) is 0. The van der Waals surface area contributed by atoms with Gasteiger partial charge in [-0.05, 0) is 89.9 Å². The quantitative estimate of drug-likeness (QED) is 0.0421. The van der Waals surface area contributed by atoms with E-state index in [1.54, 1.807) is 0 Å². The van der Waals surface area contributed by atoms with E-state index in [0.717, 1.165) is 83.5 Å². The normalized spacial score (nSPS) is 13.4. The van der Waals surface area contributed by atoms with E-state index in [4.69, 9.17) is 9.47 Å². The molecule has 0 saturated heterocycles. The van der Waals surface area contributed by atoms with Crippen molar-refractivity contribution in [2.24, 2.45) is 0 Å². The van der Waals surface area contributed by atoms with E-state index in [1.807, 2.05) is 12.2 Å². The second-order valence-electron chi connectivity index (χ2n) is 12.3. The van der Waals surface area contributed by atoms with Gasteiger partial charge in [-0.25, -0.2) is 0 Å². The molecule has 1 atom stereocenters. The molecule has 0 aliphatic heterocycles. The van der Waals surface area contributed by atoms with Gasteiger partial charge < -0.3 is 14.6 Å². The summed E-state index contributed by atoms with van der Waals surface area (Å²) in [5.74, 6) is -0.728. The number of carbonyl (C=O) groups excluding carboxylic acids is 2. The maximum Gasteiger partial charge on any atom is 0.306 e. The van der Waals surface area contributed by atoms with Gasteiger partial charge >= 0.3 is 11.9 Å². The van der Waals surface area contributed by atoms with E-state index in [2.05, 4.69) is 111 Å². The van der Waals surface area contributed by atoms with Gasteiger partial charge in [0.1, 0.15) is 6.61 Å². The number of carbonyl (C=O) groups is 2. The van der Waals surface area contributed by atoms with Crippen molar-refractivity contribution >= 4 is 11.9 Å². The highest BCUT2D eigenvalue weighted by atomic mass is 16.6. The van der Waals surface area contributed by atoms with Gasteiger partial charge in [-0.1, -0.05) is 149 Å². The first-order chi connectivity index (χ1) is 24.6. The van der Waals surface area contributed by atoms with Crippen molar-refractivity contribution in [2.75, 3.05) is 13.2 Å². The average molecular weight is 691 g/mol. The summed E-state index contributed by atoms with van der Waals surface area (Å²) in [4.78, 5) is 24.2. The van der Waals surface area contributed by atoms with Crippen LogP contribution < -0.4 is 0 Å². The van der Waals surface area contributed by atoms with Gasteiger partial charge in [-0.3, -0.25) is 9.59 Å².